The molecule has 2 aromatic heterocycles. The molecule has 1 aromatic carbocycles. The first-order valence-corrected chi connectivity index (χ1v) is 9.54. The Morgan fingerprint density at radius 2 is 1.93 bits per heavy atom. The smallest absolute Gasteiger partial charge is 0.233 e. The van der Waals surface area contributed by atoms with E-state index >= 15 is 0 Å². The first-order valence-electron chi connectivity index (χ1n) is 9.54. The number of nitrogens with two attached hydrogens (primary N) is 1. The highest BCUT2D eigenvalue weighted by Gasteiger charge is 2.34. The van der Waals surface area contributed by atoms with E-state index in [-0.39, 0.29) is 11.9 Å². The summed E-state index contributed by atoms with van der Waals surface area (Å²) < 4.78 is 7.64. The number of nitrogens with one attached hydrogen (secondary N) is 1. The van der Waals surface area contributed by atoms with Crippen molar-refractivity contribution >= 4 is 5.69 Å². The van der Waals surface area contributed by atoms with E-state index in [2.05, 4.69) is 20.6 Å². The van der Waals surface area contributed by atoms with Gasteiger partial charge in [0.25, 0.3) is 0 Å². The lowest BCUT2D eigenvalue weighted by Gasteiger charge is -2.28. The minimum atomic E-state index is 0.101. The molecular weight excluding hydrogens is 356 g/mol. The molecule has 5 rings (SSSR count). The van der Waals surface area contributed by atoms with Gasteiger partial charge in [0.1, 0.15) is 11.9 Å². The highest BCUT2D eigenvalue weighted by atomic mass is 16.5. The van der Waals surface area contributed by atoms with Gasteiger partial charge >= 0.3 is 0 Å². The first-order chi connectivity index (χ1) is 13.6. The van der Waals surface area contributed by atoms with Gasteiger partial charge in [-0.15, -0.1) is 10.2 Å². The van der Waals surface area contributed by atoms with Crippen molar-refractivity contribution in [3.8, 4) is 28.6 Å². The van der Waals surface area contributed by atoms with E-state index in [1.807, 2.05) is 18.2 Å². The van der Waals surface area contributed by atoms with Crippen molar-refractivity contribution in [2.24, 2.45) is 0 Å². The highest BCUT2D eigenvalue weighted by molar-refractivity contribution is 5.68. The lowest BCUT2D eigenvalue weighted by Crippen LogP contribution is -2.42. The van der Waals surface area contributed by atoms with Crippen molar-refractivity contribution in [3.05, 3.63) is 42.7 Å². The Kier molecular flexibility index (Phi) is 4.12. The minimum Gasteiger partial charge on any atom is -0.507 e. The van der Waals surface area contributed by atoms with E-state index in [1.165, 1.54) is 12.8 Å². The summed E-state index contributed by atoms with van der Waals surface area (Å²) in [5, 5.41) is 26.6. The van der Waals surface area contributed by atoms with Gasteiger partial charge < -0.3 is 20.9 Å². The van der Waals surface area contributed by atoms with Crippen molar-refractivity contribution in [3.63, 3.8) is 0 Å². The second-order valence-corrected chi connectivity index (χ2v) is 7.53. The molecule has 0 radical (unpaired) electrons. The molecule has 28 heavy (non-hydrogen) atoms. The van der Waals surface area contributed by atoms with Crippen LogP contribution in [0.2, 0.25) is 0 Å². The molecule has 8 nitrogen and oxygen atoms in total. The molecule has 2 fully saturated rings. The van der Waals surface area contributed by atoms with Crippen LogP contribution < -0.4 is 15.8 Å². The molecule has 4 N–H and O–H groups in total. The lowest BCUT2D eigenvalue weighted by molar-refractivity contribution is 0.130. The van der Waals surface area contributed by atoms with Crippen LogP contribution in [0, 0.1) is 0 Å². The van der Waals surface area contributed by atoms with Gasteiger partial charge in [-0.25, -0.2) is 4.68 Å². The SMILES string of the molecule is Nc1cnn(-c2ccc(-c3ccc(OC4C[C@H]5CC[C@@H](C4)N5)nn3)c(O)c2)c1. The number of phenols is 1. The van der Waals surface area contributed by atoms with Crippen LogP contribution in [0.3, 0.4) is 0 Å². The molecule has 2 aliphatic rings. The zero-order valence-electron chi connectivity index (χ0n) is 15.3. The van der Waals surface area contributed by atoms with Gasteiger partial charge in [-0.3, -0.25) is 0 Å². The fraction of sp³-hybridized carbons (Fsp3) is 0.350. The van der Waals surface area contributed by atoms with Crippen molar-refractivity contribution in [1.29, 1.82) is 0 Å². The molecule has 2 bridgehead atoms. The number of fused-ring (bicyclic) bond motifs is 2. The van der Waals surface area contributed by atoms with Gasteiger partial charge in [0, 0.05) is 29.8 Å². The molecule has 2 saturated heterocycles. The quantitative estimate of drug-likeness (QED) is 0.639. The molecule has 0 spiro atoms. The third-order valence-corrected chi connectivity index (χ3v) is 5.48. The maximum Gasteiger partial charge on any atom is 0.233 e. The zero-order chi connectivity index (χ0) is 19.1. The highest BCUT2D eigenvalue weighted by Crippen LogP contribution is 2.31. The van der Waals surface area contributed by atoms with Gasteiger partial charge in [-0.05, 0) is 43.9 Å². The molecule has 0 amide bonds. The number of nitrogen functional groups attached to an aromatic ring is 1. The number of phenolic OH excluding ortho intramolecular Hbond substituents is 1. The van der Waals surface area contributed by atoms with Gasteiger partial charge in [0.05, 0.1) is 29.5 Å². The van der Waals surface area contributed by atoms with E-state index in [0.29, 0.717) is 40.6 Å². The molecule has 144 valence electrons. The summed E-state index contributed by atoms with van der Waals surface area (Å²) in [5.74, 6) is 0.627. The van der Waals surface area contributed by atoms with Crippen LogP contribution in [0.5, 0.6) is 11.6 Å². The summed E-state index contributed by atoms with van der Waals surface area (Å²) in [5.41, 5.74) is 8.16. The Labute approximate surface area is 162 Å². The fourth-order valence-electron chi connectivity index (χ4n) is 4.16. The van der Waals surface area contributed by atoms with Gasteiger partial charge in [-0.1, -0.05) is 0 Å². The largest absolute Gasteiger partial charge is 0.507 e. The average Bonchev–Trinajstić information content (AvgIpc) is 3.27. The second kappa shape index (κ2) is 6.79. The molecule has 0 saturated carbocycles. The van der Waals surface area contributed by atoms with Crippen LogP contribution >= 0.6 is 0 Å². The topological polar surface area (TPSA) is 111 Å². The van der Waals surface area contributed by atoms with Crippen LogP contribution in [-0.2, 0) is 0 Å². The summed E-state index contributed by atoms with van der Waals surface area (Å²) in [6.07, 6.45) is 7.93. The summed E-state index contributed by atoms with van der Waals surface area (Å²) >= 11 is 0. The number of piperidine rings is 1. The number of ether oxygens (including phenoxy) is 1. The summed E-state index contributed by atoms with van der Waals surface area (Å²) in [7, 11) is 0. The molecule has 3 aromatic rings. The Morgan fingerprint density at radius 1 is 1.11 bits per heavy atom. The summed E-state index contributed by atoms with van der Waals surface area (Å²) in [6.45, 7) is 0. The molecule has 8 heteroatoms. The van der Waals surface area contributed by atoms with Crippen LogP contribution in [0.15, 0.2) is 42.7 Å². The minimum absolute atomic E-state index is 0.101. The predicted octanol–water partition coefficient (Wildman–Crippen LogP) is 2.28. The molecular formula is C20H22N6O2. The Hall–Kier alpha value is -3.13. The first kappa shape index (κ1) is 17.0. The predicted molar refractivity (Wildman–Crippen MR) is 104 cm³/mol. The molecule has 3 atom stereocenters. The number of aromatic nitrogens is 4. The van der Waals surface area contributed by atoms with Crippen molar-refractivity contribution < 1.29 is 9.84 Å². The van der Waals surface area contributed by atoms with Crippen LogP contribution in [0.1, 0.15) is 25.7 Å². The van der Waals surface area contributed by atoms with E-state index in [1.54, 1.807) is 29.2 Å². The van der Waals surface area contributed by atoms with Crippen LogP contribution in [0.4, 0.5) is 5.69 Å². The number of aromatic hydroxyl groups is 1. The van der Waals surface area contributed by atoms with Crippen LogP contribution in [0.25, 0.3) is 16.9 Å². The number of nitrogens with zero attached hydrogens (tertiary/aromatic N) is 4. The van der Waals surface area contributed by atoms with Crippen molar-refractivity contribution in [1.82, 2.24) is 25.3 Å². The van der Waals surface area contributed by atoms with Gasteiger partial charge in [-0.2, -0.15) is 5.10 Å². The Bertz CT molecular complexity index is 975. The van der Waals surface area contributed by atoms with E-state index in [0.717, 1.165) is 12.8 Å². The van der Waals surface area contributed by atoms with E-state index < -0.39 is 0 Å². The van der Waals surface area contributed by atoms with Crippen molar-refractivity contribution in [2.45, 2.75) is 43.9 Å². The standard InChI is InChI=1S/C20H22N6O2/c21-12-10-22-26(11-12)15-3-4-17(19(27)9-15)18-5-6-20(25-24-18)28-16-7-13-1-2-14(8-16)23-13/h3-6,9-11,13-14,16,23,27H,1-2,7-8,21H2/t13-,14+,16?. The number of hydrogen-bond donors (Lipinski definition) is 3. The zero-order valence-corrected chi connectivity index (χ0v) is 15.3. The maximum atomic E-state index is 10.4. The summed E-state index contributed by atoms with van der Waals surface area (Å²) in [4.78, 5) is 0. The average molecular weight is 378 g/mol. The van der Waals surface area contributed by atoms with Gasteiger partial charge in [0.2, 0.25) is 5.88 Å². The van der Waals surface area contributed by atoms with Crippen LogP contribution in [-0.4, -0.2) is 43.3 Å². The van der Waals surface area contributed by atoms with Crippen molar-refractivity contribution in [2.75, 3.05) is 5.73 Å². The third kappa shape index (κ3) is 3.27. The number of rotatable bonds is 4. The molecule has 2 aliphatic heterocycles. The van der Waals surface area contributed by atoms with E-state index in [9.17, 15) is 5.11 Å². The van der Waals surface area contributed by atoms with Gasteiger partial charge in [0.15, 0.2) is 0 Å². The lowest BCUT2D eigenvalue weighted by atomic mass is 10.0. The molecule has 1 unspecified atom stereocenters. The number of hydrogen-bond acceptors (Lipinski definition) is 7. The Morgan fingerprint density at radius 3 is 2.57 bits per heavy atom. The van der Waals surface area contributed by atoms with E-state index in [4.69, 9.17) is 10.5 Å². The fourth-order valence-corrected chi connectivity index (χ4v) is 4.16. The maximum absolute atomic E-state index is 10.4. The monoisotopic (exact) mass is 378 g/mol. The summed E-state index contributed by atoms with van der Waals surface area (Å²) in [6, 6.07) is 10.0. The molecule has 4 heterocycles. The normalized spacial score (nSPS) is 23.6. The second-order valence-electron chi connectivity index (χ2n) is 7.53. The Balaban J connectivity index is 1.31. The third-order valence-electron chi connectivity index (χ3n) is 5.48. The number of anilines is 1. The number of benzene rings is 1. The molecule has 0 aliphatic carbocycles.